The summed E-state index contributed by atoms with van der Waals surface area (Å²) in [5.41, 5.74) is 3.49. The van der Waals surface area contributed by atoms with Gasteiger partial charge in [0.25, 0.3) is 5.91 Å². The Kier molecular flexibility index (Phi) is 5.70. The van der Waals surface area contributed by atoms with E-state index in [9.17, 15) is 4.79 Å². The third kappa shape index (κ3) is 3.73. The van der Waals surface area contributed by atoms with Crippen molar-refractivity contribution in [3.05, 3.63) is 53.7 Å². The number of nitrogens with zero attached hydrogens (tertiary/aromatic N) is 2. The summed E-state index contributed by atoms with van der Waals surface area (Å²) in [7, 11) is 0. The first-order valence-electron chi connectivity index (χ1n) is 7.99. The van der Waals surface area contributed by atoms with Crippen molar-refractivity contribution in [2.24, 2.45) is 0 Å². The maximum Gasteiger partial charge on any atom is 0.255 e. The zero-order valence-electron chi connectivity index (χ0n) is 13.7. The van der Waals surface area contributed by atoms with Crippen LogP contribution in [0.25, 0.3) is 11.3 Å². The van der Waals surface area contributed by atoms with Crippen molar-refractivity contribution in [3.8, 4) is 11.3 Å². The quantitative estimate of drug-likeness (QED) is 0.795. The van der Waals surface area contributed by atoms with Gasteiger partial charge in [-0.25, -0.2) is 0 Å². The molecule has 0 bridgehead atoms. The fourth-order valence-corrected chi connectivity index (χ4v) is 2.58. The van der Waals surface area contributed by atoms with Gasteiger partial charge in [0, 0.05) is 18.7 Å². The molecule has 116 valence electrons. The summed E-state index contributed by atoms with van der Waals surface area (Å²) in [4.78, 5) is 19.2. The van der Waals surface area contributed by atoms with Gasteiger partial charge in [-0.1, -0.05) is 44.2 Å². The smallest absolute Gasteiger partial charge is 0.255 e. The largest absolute Gasteiger partial charge is 0.339 e. The molecule has 0 aliphatic heterocycles. The summed E-state index contributed by atoms with van der Waals surface area (Å²) in [6.45, 7) is 7.70. The van der Waals surface area contributed by atoms with Crippen molar-refractivity contribution >= 4 is 5.91 Å². The van der Waals surface area contributed by atoms with Gasteiger partial charge >= 0.3 is 0 Å². The van der Waals surface area contributed by atoms with Gasteiger partial charge in [0.1, 0.15) is 0 Å². The Bertz CT molecular complexity index is 617. The summed E-state index contributed by atoms with van der Waals surface area (Å²) in [5.74, 6) is 0.0910. The lowest BCUT2D eigenvalue weighted by molar-refractivity contribution is 0.0754. The highest BCUT2D eigenvalue weighted by atomic mass is 16.2. The highest BCUT2D eigenvalue weighted by Gasteiger charge is 2.17. The lowest BCUT2D eigenvalue weighted by Gasteiger charge is -2.22. The van der Waals surface area contributed by atoms with E-state index in [1.165, 1.54) is 0 Å². The van der Waals surface area contributed by atoms with E-state index in [0.717, 1.165) is 42.9 Å². The van der Waals surface area contributed by atoms with Crippen LogP contribution in [-0.4, -0.2) is 28.9 Å². The van der Waals surface area contributed by atoms with Crippen LogP contribution in [0.15, 0.2) is 42.5 Å². The maximum atomic E-state index is 12.7. The second-order valence-corrected chi connectivity index (χ2v) is 5.49. The van der Waals surface area contributed by atoms with Gasteiger partial charge in [0.2, 0.25) is 0 Å². The van der Waals surface area contributed by atoms with Crippen LogP contribution in [0.5, 0.6) is 0 Å². The number of amides is 1. The fourth-order valence-electron chi connectivity index (χ4n) is 2.58. The van der Waals surface area contributed by atoms with Crippen molar-refractivity contribution < 1.29 is 4.79 Å². The number of benzene rings is 1. The first-order valence-corrected chi connectivity index (χ1v) is 7.99. The summed E-state index contributed by atoms with van der Waals surface area (Å²) in [6, 6.07) is 13.9. The van der Waals surface area contributed by atoms with Gasteiger partial charge in [-0.3, -0.25) is 9.78 Å². The molecule has 1 aromatic heterocycles. The highest BCUT2D eigenvalue weighted by Crippen LogP contribution is 2.19. The average Bonchev–Trinajstić information content (AvgIpc) is 2.55. The number of aryl methyl sites for hydroxylation is 1. The Morgan fingerprint density at radius 2 is 1.64 bits per heavy atom. The van der Waals surface area contributed by atoms with E-state index in [4.69, 9.17) is 0 Å². The predicted molar refractivity (Wildman–Crippen MR) is 90.9 cm³/mol. The van der Waals surface area contributed by atoms with E-state index in [2.05, 4.69) is 18.8 Å². The molecule has 1 heterocycles. The minimum absolute atomic E-state index is 0.0910. The second-order valence-electron chi connectivity index (χ2n) is 5.49. The Balaban J connectivity index is 2.27. The number of rotatable bonds is 6. The molecule has 3 nitrogen and oxygen atoms in total. The molecule has 0 radical (unpaired) electrons. The summed E-state index contributed by atoms with van der Waals surface area (Å²) in [5, 5.41) is 0. The molecule has 0 aliphatic carbocycles. The zero-order chi connectivity index (χ0) is 15.9. The summed E-state index contributed by atoms with van der Waals surface area (Å²) >= 11 is 0. The molecule has 1 aromatic carbocycles. The minimum Gasteiger partial charge on any atom is -0.339 e. The number of hydrogen-bond donors (Lipinski definition) is 0. The van der Waals surface area contributed by atoms with Crippen LogP contribution in [0.4, 0.5) is 0 Å². The molecule has 0 aliphatic rings. The van der Waals surface area contributed by atoms with Crippen molar-refractivity contribution in [3.63, 3.8) is 0 Å². The molecular weight excluding hydrogens is 272 g/mol. The first kappa shape index (κ1) is 16.2. The van der Waals surface area contributed by atoms with E-state index >= 15 is 0 Å². The standard InChI is InChI=1S/C19H24N2O/c1-4-13-21(14-5-2)19(22)17-11-12-18(20-15(17)3)16-9-7-6-8-10-16/h6-12H,4-5,13-14H2,1-3H3. The third-order valence-electron chi connectivity index (χ3n) is 3.66. The molecular formula is C19H24N2O. The van der Waals surface area contributed by atoms with Crippen LogP contribution >= 0.6 is 0 Å². The molecule has 0 unspecified atom stereocenters. The van der Waals surface area contributed by atoms with Crippen molar-refractivity contribution in [2.75, 3.05) is 13.1 Å². The number of hydrogen-bond acceptors (Lipinski definition) is 2. The zero-order valence-corrected chi connectivity index (χ0v) is 13.7. The first-order chi connectivity index (χ1) is 10.7. The van der Waals surface area contributed by atoms with Crippen molar-refractivity contribution in [1.82, 2.24) is 9.88 Å². The average molecular weight is 296 g/mol. The Labute approximate surface area is 133 Å². The summed E-state index contributed by atoms with van der Waals surface area (Å²) < 4.78 is 0. The van der Waals surface area contributed by atoms with Gasteiger partial charge in [0.15, 0.2) is 0 Å². The number of pyridine rings is 1. The van der Waals surface area contributed by atoms with Crippen LogP contribution in [-0.2, 0) is 0 Å². The van der Waals surface area contributed by atoms with Gasteiger partial charge < -0.3 is 4.90 Å². The Morgan fingerprint density at radius 1 is 1.00 bits per heavy atom. The van der Waals surface area contributed by atoms with E-state index in [-0.39, 0.29) is 5.91 Å². The van der Waals surface area contributed by atoms with Crippen LogP contribution in [0, 0.1) is 6.92 Å². The molecule has 2 rings (SSSR count). The van der Waals surface area contributed by atoms with Gasteiger partial charge in [-0.2, -0.15) is 0 Å². The summed E-state index contributed by atoms with van der Waals surface area (Å²) in [6.07, 6.45) is 1.95. The molecule has 0 spiro atoms. The Hall–Kier alpha value is -2.16. The van der Waals surface area contributed by atoms with E-state index in [0.29, 0.717) is 5.56 Å². The van der Waals surface area contributed by atoms with Crippen LogP contribution in [0.1, 0.15) is 42.7 Å². The SMILES string of the molecule is CCCN(CCC)C(=O)c1ccc(-c2ccccc2)nc1C. The lowest BCUT2D eigenvalue weighted by atomic mass is 10.1. The molecule has 22 heavy (non-hydrogen) atoms. The predicted octanol–water partition coefficient (Wildman–Crippen LogP) is 4.32. The Morgan fingerprint density at radius 3 is 2.18 bits per heavy atom. The van der Waals surface area contributed by atoms with E-state index < -0.39 is 0 Å². The molecule has 0 saturated carbocycles. The number of carbonyl (C=O) groups excluding carboxylic acids is 1. The van der Waals surface area contributed by atoms with E-state index in [1.807, 2.05) is 54.3 Å². The molecule has 3 heteroatoms. The highest BCUT2D eigenvalue weighted by molar-refractivity contribution is 5.95. The topological polar surface area (TPSA) is 33.2 Å². The number of aromatic nitrogens is 1. The normalized spacial score (nSPS) is 10.5. The molecule has 0 atom stereocenters. The molecule has 0 N–H and O–H groups in total. The van der Waals surface area contributed by atoms with E-state index in [1.54, 1.807) is 0 Å². The van der Waals surface area contributed by atoms with Crippen LogP contribution in [0.3, 0.4) is 0 Å². The molecule has 0 saturated heterocycles. The number of carbonyl (C=O) groups is 1. The van der Waals surface area contributed by atoms with Gasteiger partial charge in [0.05, 0.1) is 17.0 Å². The fraction of sp³-hybridized carbons (Fsp3) is 0.368. The third-order valence-corrected chi connectivity index (χ3v) is 3.66. The van der Waals surface area contributed by atoms with Crippen molar-refractivity contribution in [2.45, 2.75) is 33.6 Å². The second kappa shape index (κ2) is 7.74. The van der Waals surface area contributed by atoms with Crippen molar-refractivity contribution in [1.29, 1.82) is 0 Å². The maximum absolute atomic E-state index is 12.7. The van der Waals surface area contributed by atoms with Crippen LogP contribution < -0.4 is 0 Å². The molecule has 0 fully saturated rings. The molecule has 1 amide bonds. The van der Waals surface area contributed by atoms with Gasteiger partial charge in [-0.15, -0.1) is 0 Å². The molecule has 2 aromatic rings. The van der Waals surface area contributed by atoms with Crippen LogP contribution in [0.2, 0.25) is 0 Å². The minimum atomic E-state index is 0.0910. The van der Waals surface area contributed by atoms with Gasteiger partial charge in [-0.05, 0) is 31.9 Å². The monoisotopic (exact) mass is 296 g/mol. The lowest BCUT2D eigenvalue weighted by Crippen LogP contribution is -2.33.